The van der Waals surface area contributed by atoms with Crippen LogP contribution in [0.15, 0.2) is 30.3 Å². The predicted octanol–water partition coefficient (Wildman–Crippen LogP) is 3.07. The molecule has 1 aromatic carbocycles. The van der Waals surface area contributed by atoms with E-state index in [0.29, 0.717) is 11.5 Å². The van der Waals surface area contributed by atoms with E-state index in [-0.39, 0.29) is 0 Å². The molecule has 0 fully saturated rings. The van der Waals surface area contributed by atoms with Crippen molar-refractivity contribution in [1.82, 2.24) is 0 Å². The Labute approximate surface area is 104 Å². The van der Waals surface area contributed by atoms with Crippen molar-refractivity contribution in [3.05, 3.63) is 35.9 Å². The zero-order chi connectivity index (χ0) is 12.2. The van der Waals surface area contributed by atoms with Gasteiger partial charge in [-0.05, 0) is 29.6 Å². The first-order valence-electron chi connectivity index (χ1n) is 6.15. The van der Waals surface area contributed by atoms with Crippen molar-refractivity contribution in [3.8, 4) is 0 Å². The van der Waals surface area contributed by atoms with Crippen LogP contribution in [0.2, 0.25) is 18.1 Å². The smallest absolute Gasteiger partial charge is 0.179 e. The number of hydrogen-bond acceptors (Lipinski definition) is 1. The van der Waals surface area contributed by atoms with E-state index in [9.17, 15) is 0 Å². The third-order valence-electron chi connectivity index (χ3n) is 4.21. The standard InChI is InChI=1S/C13H24OSi2/c1-5-16(4,14-15)12(3)11(2)13-9-7-6-8-10-13/h6-12H,5H2,1-4,15H3. The molecule has 1 rings (SSSR count). The van der Waals surface area contributed by atoms with Gasteiger partial charge in [0.2, 0.25) is 0 Å². The second-order valence-corrected chi connectivity index (χ2v) is 10.7. The lowest BCUT2D eigenvalue weighted by Crippen LogP contribution is -2.39. The highest BCUT2D eigenvalue weighted by molar-refractivity contribution is 6.76. The van der Waals surface area contributed by atoms with Gasteiger partial charge in [-0.15, -0.1) is 0 Å². The molecule has 0 aromatic heterocycles. The van der Waals surface area contributed by atoms with Crippen LogP contribution < -0.4 is 0 Å². The van der Waals surface area contributed by atoms with Crippen LogP contribution in [0, 0.1) is 0 Å². The highest BCUT2D eigenvalue weighted by Gasteiger charge is 2.35. The first kappa shape index (κ1) is 13.7. The summed E-state index contributed by atoms with van der Waals surface area (Å²) in [7, 11) is -0.611. The molecule has 1 aromatic rings. The lowest BCUT2D eigenvalue weighted by Gasteiger charge is -2.35. The van der Waals surface area contributed by atoms with Gasteiger partial charge in [0.15, 0.2) is 8.32 Å². The topological polar surface area (TPSA) is 9.23 Å². The minimum absolute atomic E-state index is 0.603. The van der Waals surface area contributed by atoms with Gasteiger partial charge in [0.1, 0.15) is 10.5 Å². The molecular formula is C13H24OSi2. The second-order valence-electron chi connectivity index (χ2n) is 4.86. The quantitative estimate of drug-likeness (QED) is 0.732. The third kappa shape index (κ3) is 2.84. The molecule has 1 nitrogen and oxygen atoms in total. The molecule has 0 bridgehead atoms. The average molecular weight is 253 g/mol. The normalized spacial score (nSPS) is 19.0. The summed E-state index contributed by atoms with van der Waals surface area (Å²) in [6.07, 6.45) is 0. The summed E-state index contributed by atoms with van der Waals surface area (Å²) in [5.41, 5.74) is 2.12. The van der Waals surface area contributed by atoms with Gasteiger partial charge in [-0.1, -0.05) is 51.1 Å². The van der Waals surface area contributed by atoms with Crippen LogP contribution in [0.3, 0.4) is 0 Å². The van der Waals surface area contributed by atoms with Crippen LogP contribution in [0.4, 0.5) is 0 Å². The molecule has 0 N–H and O–H groups in total. The Kier molecular flexibility index (Phi) is 4.96. The predicted molar refractivity (Wildman–Crippen MR) is 77.4 cm³/mol. The summed E-state index contributed by atoms with van der Waals surface area (Å²) in [6.45, 7) is 9.36. The maximum absolute atomic E-state index is 5.97. The minimum atomic E-state index is -1.48. The molecule has 0 aliphatic heterocycles. The van der Waals surface area contributed by atoms with Crippen molar-refractivity contribution >= 4 is 18.8 Å². The summed E-state index contributed by atoms with van der Waals surface area (Å²) in [5.74, 6) is 0.603. The monoisotopic (exact) mass is 252 g/mol. The maximum Gasteiger partial charge on any atom is 0.179 e. The molecule has 0 spiro atoms. The molecule has 3 heteroatoms. The molecule has 0 saturated heterocycles. The van der Waals surface area contributed by atoms with Crippen LogP contribution in [-0.4, -0.2) is 18.8 Å². The van der Waals surface area contributed by atoms with Gasteiger partial charge in [-0.3, -0.25) is 0 Å². The molecule has 3 atom stereocenters. The van der Waals surface area contributed by atoms with E-state index in [1.54, 1.807) is 0 Å². The van der Waals surface area contributed by atoms with Crippen LogP contribution in [0.1, 0.15) is 32.3 Å². The van der Waals surface area contributed by atoms with Crippen LogP contribution >= 0.6 is 0 Å². The maximum atomic E-state index is 5.97. The van der Waals surface area contributed by atoms with Crippen molar-refractivity contribution in [2.24, 2.45) is 0 Å². The van der Waals surface area contributed by atoms with Gasteiger partial charge in [0.25, 0.3) is 0 Å². The van der Waals surface area contributed by atoms with E-state index in [1.807, 2.05) is 0 Å². The van der Waals surface area contributed by atoms with E-state index in [2.05, 4.69) is 57.7 Å². The van der Waals surface area contributed by atoms with E-state index >= 15 is 0 Å². The van der Waals surface area contributed by atoms with Crippen LogP contribution in [0.5, 0.6) is 0 Å². The molecule has 0 aliphatic rings. The van der Waals surface area contributed by atoms with Crippen LogP contribution in [-0.2, 0) is 4.12 Å². The minimum Gasteiger partial charge on any atom is -0.463 e. The average Bonchev–Trinajstić information content (AvgIpc) is 2.37. The lowest BCUT2D eigenvalue weighted by atomic mass is 9.98. The lowest BCUT2D eigenvalue weighted by molar-refractivity contribution is 0.540. The fourth-order valence-electron chi connectivity index (χ4n) is 2.23. The van der Waals surface area contributed by atoms with Crippen molar-refractivity contribution < 1.29 is 4.12 Å². The zero-order valence-corrected chi connectivity index (χ0v) is 14.2. The Morgan fingerprint density at radius 1 is 1.25 bits per heavy atom. The Morgan fingerprint density at radius 2 is 1.81 bits per heavy atom. The largest absolute Gasteiger partial charge is 0.463 e. The highest BCUT2D eigenvalue weighted by Crippen LogP contribution is 2.38. The van der Waals surface area contributed by atoms with Crippen LogP contribution in [0.25, 0.3) is 0 Å². The molecule has 0 radical (unpaired) electrons. The molecule has 0 heterocycles. The first-order chi connectivity index (χ1) is 7.55. The van der Waals surface area contributed by atoms with Crippen molar-refractivity contribution in [3.63, 3.8) is 0 Å². The number of hydrogen-bond donors (Lipinski definition) is 0. The summed E-state index contributed by atoms with van der Waals surface area (Å²) in [5, 5.41) is 0. The number of rotatable bonds is 5. The summed E-state index contributed by atoms with van der Waals surface area (Å²) >= 11 is 0. The van der Waals surface area contributed by atoms with E-state index < -0.39 is 8.32 Å². The molecule has 0 amide bonds. The molecule has 3 unspecified atom stereocenters. The van der Waals surface area contributed by atoms with Gasteiger partial charge >= 0.3 is 0 Å². The SMILES string of the molecule is CC[Si](C)(O[SiH3])C(C)C(C)c1ccccc1. The number of benzene rings is 1. The molecule has 16 heavy (non-hydrogen) atoms. The summed E-state index contributed by atoms with van der Waals surface area (Å²) in [6, 6.07) is 12.0. The van der Waals surface area contributed by atoms with Gasteiger partial charge < -0.3 is 4.12 Å². The molecular weight excluding hydrogens is 228 g/mol. The Balaban J connectivity index is 2.85. The summed E-state index contributed by atoms with van der Waals surface area (Å²) in [4.78, 5) is 0. The van der Waals surface area contributed by atoms with Gasteiger partial charge in [-0.25, -0.2) is 0 Å². The van der Waals surface area contributed by atoms with Crippen molar-refractivity contribution in [2.45, 2.75) is 44.8 Å². The molecule has 90 valence electrons. The Morgan fingerprint density at radius 3 is 2.25 bits per heavy atom. The Hall–Kier alpha value is -0.386. The Bertz CT molecular complexity index is 309. The van der Waals surface area contributed by atoms with E-state index in [1.165, 1.54) is 11.6 Å². The molecule has 0 aliphatic carbocycles. The summed E-state index contributed by atoms with van der Waals surface area (Å²) < 4.78 is 5.97. The fourth-order valence-corrected chi connectivity index (χ4v) is 6.76. The molecule has 0 saturated carbocycles. The van der Waals surface area contributed by atoms with Crippen molar-refractivity contribution in [1.29, 1.82) is 0 Å². The fraction of sp³-hybridized carbons (Fsp3) is 0.538. The third-order valence-corrected chi connectivity index (χ3v) is 11.8. The zero-order valence-electron chi connectivity index (χ0n) is 11.2. The van der Waals surface area contributed by atoms with E-state index in [4.69, 9.17) is 4.12 Å². The first-order valence-corrected chi connectivity index (χ1v) is 9.66. The second kappa shape index (κ2) is 5.80. The van der Waals surface area contributed by atoms with Gasteiger partial charge in [0.05, 0.1) is 0 Å². The highest BCUT2D eigenvalue weighted by atomic mass is 28.4. The van der Waals surface area contributed by atoms with Gasteiger partial charge in [-0.2, -0.15) is 0 Å². The van der Waals surface area contributed by atoms with Crippen molar-refractivity contribution in [2.75, 3.05) is 0 Å². The van der Waals surface area contributed by atoms with E-state index in [0.717, 1.165) is 10.5 Å². The van der Waals surface area contributed by atoms with Gasteiger partial charge in [0, 0.05) is 0 Å².